The van der Waals surface area contributed by atoms with Gasteiger partial charge in [0.1, 0.15) is 5.01 Å². The van der Waals surface area contributed by atoms with E-state index in [9.17, 15) is 13.2 Å². The number of pyridine rings is 1. The summed E-state index contributed by atoms with van der Waals surface area (Å²) in [5.74, 6) is -0.631. The molecule has 132 valence electrons. The number of benzene rings is 1. The number of aromatic amines is 1. The second-order valence-corrected chi connectivity index (χ2v) is 8.07. The van der Waals surface area contributed by atoms with Crippen molar-refractivity contribution in [2.45, 2.75) is 11.4 Å². The van der Waals surface area contributed by atoms with E-state index < -0.39 is 15.8 Å². The summed E-state index contributed by atoms with van der Waals surface area (Å²) in [6, 6.07) is 7.87. The molecule has 26 heavy (non-hydrogen) atoms. The largest absolute Gasteiger partial charge is 0.417 e. The fourth-order valence-electron chi connectivity index (χ4n) is 2.38. The number of aromatic nitrogens is 3. The van der Waals surface area contributed by atoms with Crippen molar-refractivity contribution in [2.75, 3.05) is 0 Å². The zero-order valence-corrected chi connectivity index (χ0v) is 14.8. The number of oxazole rings is 1. The number of hydrogen-bond donors (Lipinski definition) is 2. The predicted octanol–water partition coefficient (Wildman–Crippen LogP) is 2.12. The molecule has 0 aliphatic rings. The van der Waals surface area contributed by atoms with E-state index in [0.29, 0.717) is 10.5 Å². The molecule has 0 unspecified atom stereocenters. The van der Waals surface area contributed by atoms with Gasteiger partial charge >= 0.3 is 5.76 Å². The first-order valence-electron chi connectivity index (χ1n) is 7.49. The first-order valence-corrected chi connectivity index (χ1v) is 9.85. The van der Waals surface area contributed by atoms with Crippen LogP contribution in [0.4, 0.5) is 0 Å². The van der Waals surface area contributed by atoms with Crippen LogP contribution in [0.15, 0.2) is 62.2 Å². The number of hydrogen-bond acceptors (Lipinski definition) is 7. The quantitative estimate of drug-likeness (QED) is 0.541. The summed E-state index contributed by atoms with van der Waals surface area (Å²) in [6.45, 7) is 0.0627. The average Bonchev–Trinajstić information content (AvgIpc) is 3.25. The maximum Gasteiger partial charge on any atom is 0.417 e. The molecule has 0 saturated heterocycles. The molecular weight excluding hydrogens is 376 g/mol. The Morgan fingerprint density at radius 2 is 2.00 bits per heavy atom. The van der Waals surface area contributed by atoms with E-state index in [0.717, 1.165) is 11.3 Å². The highest BCUT2D eigenvalue weighted by Crippen LogP contribution is 2.22. The number of H-pyrrole nitrogens is 1. The Morgan fingerprint density at radius 3 is 2.81 bits per heavy atom. The molecular formula is C16H12N4O4S2. The average molecular weight is 388 g/mol. The van der Waals surface area contributed by atoms with Crippen molar-refractivity contribution in [3.05, 3.63) is 63.7 Å². The zero-order valence-electron chi connectivity index (χ0n) is 13.2. The van der Waals surface area contributed by atoms with Crippen molar-refractivity contribution in [1.82, 2.24) is 19.7 Å². The fourth-order valence-corrected chi connectivity index (χ4v) is 4.22. The standard InChI is InChI=1S/C16H12N4O4S2/c21-16-20-12-2-1-11(7-14(12)24-16)26(22,23)18-8-15-19-13(9-25-15)10-3-5-17-6-4-10/h1-7,9,18H,8H2,(H,20,21). The fraction of sp³-hybridized carbons (Fsp3) is 0.0625. The van der Waals surface area contributed by atoms with Gasteiger partial charge in [-0.1, -0.05) is 0 Å². The highest BCUT2D eigenvalue weighted by molar-refractivity contribution is 7.89. The van der Waals surface area contributed by atoms with E-state index in [1.165, 1.54) is 29.5 Å². The van der Waals surface area contributed by atoms with Crippen LogP contribution in [0.1, 0.15) is 5.01 Å². The molecule has 0 atom stereocenters. The van der Waals surface area contributed by atoms with Crippen molar-refractivity contribution in [3.8, 4) is 11.3 Å². The van der Waals surface area contributed by atoms with Crippen molar-refractivity contribution in [1.29, 1.82) is 0 Å². The summed E-state index contributed by atoms with van der Waals surface area (Å²) in [4.78, 5) is 22.0. The van der Waals surface area contributed by atoms with Gasteiger partial charge in [-0.3, -0.25) is 9.97 Å². The number of nitrogens with one attached hydrogen (secondary N) is 2. The molecule has 4 rings (SSSR count). The molecule has 0 saturated carbocycles. The molecule has 0 aliphatic heterocycles. The summed E-state index contributed by atoms with van der Waals surface area (Å²) in [6.07, 6.45) is 3.35. The minimum atomic E-state index is -3.77. The normalized spacial score (nSPS) is 11.8. The predicted molar refractivity (Wildman–Crippen MR) is 96.2 cm³/mol. The van der Waals surface area contributed by atoms with Crippen molar-refractivity contribution in [3.63, 3.8) is 0 Å². The van der Waals surface area contributed by atoms with Crippen LogP contribution in [0.2, 0.25) is 0 Å². The third-order valence-electron chi connectivity index (χ3n) is 3.64. The lowest BCUT2D eigenvalue weighted by Gasteiger charge is -2.05. The maximum atomic E-state index is 12.5. The minimum absolute atomic E-state index is 0.0127. The lowest BCUT2D eigenvalue weighted by atomic mass is 10.2. The molecule has 0 spiro atoms. The van der Waals surface area contributed by atoms with Gasteiger partial charge in [-0.05, 0) is 24.3 Å². The van der Waals surface area contributed by atoms with Gasteiger partial charge in [-0.2, -0.15) is 0 Å². The molecule has 8 nitrogen and oxygen atoms in total. The second kappa shape index (κ2) is 6.48. The number of rotatable bonds is 5. The highest BCUT2D eigenvalue weighted by atomic mass is 32.2. The third-order valence-corrected chi connectivity index (χ3v) is 5.89. The Bertz CT molecular complexity index is 1230. The summed E-state index contributed by atoms with van der Waals surface area (Å²) < 4.78 is 32.3. The Balaban J connectivity index is 1.52. The summed E-state index contributed by atoms with van der Waals surface area (Å²) >= 11 is 1.36. The number of thiazole rings is 1. The van der Waals surface area contributed by atoms with Crippen LogP contribution in [0, 0.1) is 0 Å². The van der Waals surface area contributed by atoms with E-state index in [2.05, 4.69) is 19.7 Å². The minimum Gasteiger partial charge on any atom is -0.408 e. The van der Waals surface area contributed by atoms with E-state index in [1.54, 1.807) is 12.4 Å². The summed E-state index contributed by atoms with van der Waals surface area (Å²) in [5.41, 5.74) is 2.31. The number of nitrogens with zero attached hydrogens (tertiary/aromatic N) is 2. The molecule has 2 N–H and O–H groups in total. The first-order chi connectivity index (χ1) is 12.5. The van der Waals surface area contributed by atoms with Gasteiger partial charge in [0.25, 0.3) is 0 Å². The summed E-state index contributed by atoms with van der Waals surface area (Å²) in [5, 5.41) is 2.49. The molecule has 0 bridgehead atoms. The third kappa shape index (κ3) is 3.29. The molecule has 0 amide bonds. The van der Waals surface area contributed by atoms with Crippen LogP contribution in [0.3, 0.4) is 0 Å². The zero-order chi connectivity index (χ0) is 18.1. The SMILES string of the molecule is O=c1[nH]c2ccc(S(=O)(=O)NCc3nc(-c4ccncc4)cs3)cc2o1. The molecule has 0 aliphatic carbocycles. The number of sulfonamides is 1. The van der Waals surface area contributed by atoms with Crippen LogP contribution >= 0.6 is 11.3 Å². The van der Waals surface area contributed by atoms with Crippen molar-refractivity contribution >= 4 is 32.5 Å². The van der Waals surface area contributed by atoms with Crippen molar-refractivity contribution in [2.24, 2.45) is 0 Å². The van der Waals surface area contributed by atoms with Crippen LogP contribution in [-0.4, -0.2) is 23.4 Å². The molecule has 3 heterocycles. The van der Waals surface area contributed by atoms with E-state index in [1.807, 2.05) is 17.5 Å². The molecule has 10 heteroatoms. The van der Waals surface area contributed by atoms with Gasteiger partial charge in [-0.25, -0.2) is 22.9 Å². The van der Waals surface area contributed by atoms with Crippen LogP contribution in [0.5, 0.6) is 0 Å². The lowest BCUT2D eigenvalue weighted by molar-refractivity contribution is 0.553. The summed E-state index contributed by atoms with van der Waals surface area (Å²) in [7, 11) is -3.77. The molecule has 0 fully saturated rings. The van der Waals surface area contributed by atoms with Crippen LogP contribution in [0.25, 0.3) is 22.4 Å². The maximum absolute atomic E-state index is 12.5. The molecule has 1 aromatic carbocycles. The van der Waals surface area contributed by atoms with Gasteiger partial charge in [0.2, 0.25) is 10.0 Å². The van der Waals surface area contributed by atoms with Crippen LogP contribution in [-0.2, 0) is 16.6 Å². The Labute approximate surface area is 151 Å². The molecule has 3 aromatic heterocycles. The Hall–Kier alpha value is -2.82. The topological polar surface area (TPSA) is 118 Å². The van der Waals surface area contributed by atoms with Gasteiger partial charge in [0.15, 0.2) is 5.58 Å². The van der Waals surface area contributed by atoms with Gasteiger partial charge in [0, 0.05) is 29.4 Å². The Morgan fingerprint density at radius 1 is 1.19 bits per heavy atom. The Kier molecular flexibility index (Phi) is 4.15. The molecule has 4 aromatic rings. The lowest BCUT2D eigenvalue weighted by Crippen LogP contribution is -2.23. The van der Waals surface area contributed by atoms with Crippen LogP contribution < -0.4 is 10.5 Å². The molecule has 0 radical (unpaired) electrons. The second-order valence-electron chi connectivity index (χ2n) is 5.36. The number of fused-ring (bicyclic) bond motifs is 1. The van der Waals surface area contributed by atoms with Gasteiger partial charge in [-0.15, -0.1) is 11.3 Å². The monoisotopic (exact) mass is 388 g/mol. The van der Waals surface area contributed by atoms with Gasteiger partial charge < -0.3 is 4.42 Å². The smallest absolute Gasteiger partial charge is 0.408 e. The van der Waals surface area contributed by atoms with E-state index >= 15 is 0 Å². The van der Waals surface area contributed by atoms with Gasteiger partial charge in [0.05, 0.1) is 22.7 Å². The van der Waals surface area contributed by atoms with E-state index in [4.69, 9.17) is 4.42 Å². The highest BCUT2D eigenvalue weighted by Gasteiger charge is 2.16. The first kappa shape index (κ1) is 16.6. The van der Waals surface area contributed by atoms with E-state index in [-0.39, 0.29) is 17.0 Å². The van der Waals surface area contributed by atoms with Crippen molar-refractivity contribution < 1.29 is 12.8 Å².